The third-order valence-corrected chi connectivity index (χ3v) is 10.2. The summed E-state index contributed by atoms with van der Waals surface area (Å²) in [4.78, 5) is 0. The Morgan fingerprint density at radius 1 is 0.818 bits per heavy atom. The van der Waals surface area contributed by atoms with E-state index < -0.39 is 0 Å². The van der Waals surface area contributed by atoms with Gasteiger partial charge in [-0.2, -0.15) is 0 Å². The van der Waals surface area contributed by atoms with Crippen LogP contribution in [0.3, 0.4) is 0 Å². The first-order chi connectivity index (χ1) is 16.2. The van der Waals surface area contributed by atoms with Gasteiger partial charge in [-0.1, -0.05) is 93.9 Å². The molecule has 5 aliphatic carbocycles. The average molecular weight is 441 g/mol. The van der Waals surface area contributed by atoms with Crippen molar-refractivity contribution in [3.63, 3.8) is 0 Å². The molecule has 3 fully saturated rings. The lowest BCUT2D eigenvalue weighted by atomic mass is 9.74. The van der Waals surface area contributed by atoms with Crippen LogP contribution < -0.4 is 0 Å². The van der Waals surface area contributed by atoms with Crippen molar-refractivity contribution in [2.45, 2.75) is 103 Å². The van der Waals surface area contributed by atoms with E-state index in [9.17, 15) is 0 Å². The van der Waals surface area contributed by atoms with Crippen molar-refractivity contribution in [1.82, 2.24) is 0 Å². The van der Waals surface area contributed by atoms with Gasteiger partial charge in [0, 0.05) is 0 Å². The van der Waals surface area contributed by atoms with Crippen LogP contribution in [0.5, 0.6) is 0 Å². The summed E-state index contributed by atoms with van der Waals surface area (Å²) < 4.78 is 0. The van der Waals surface area contributed by atoms with Gasteiger partial charge >= 0.3 is 0 Å². The van der Waals surface area contributed by atoms with Crippen molar-refractivity contribution >= 4 is 0 Å². The zero-order chi connectivity index (χ0) is 22.2. The molecule has 0 heteroatoms. The monoisotopic (exact) mass is 440 g/mol. The van der Waals surface area contributed by atoms with Crippen LogP contribution >= 0.6 is 0 Å². The van der Waals surface area contributed by atoms with E-state index in [0.29, 0.717) is 5.92 Å². The zero-order valence-corrected chi connectivity index (χ0v) is 20.8. The van der Waals surface area contributed by atoms with Crippen molar-refractivity contribution in [3.8, 4) is 0 Å². The fourth-order valence-corrected chi connectivity index (χ4v) is 8.54. The minimum absolute atomic E-state index is 0.706. The molecule has 0 aliphatic heterocycles. The molecule has 0 radical (unpaired) electrons. The molecule has 0 amide bonds. The van der Waals surface area contributed by atoms with Crippen molar-refractivity contribution in [2.24, 2.45) is 29.6 Å². The Labute approximate surface area is 202 Å². The molecule has 176 valence electrons. The summed E-state index contributed by atoms with van der Waals surface area (Å²) in [6.07, 6.45) is 27.3. The summed E-state index contributed by atoms with van der Waals surface area (Å²) in [5.74, 6) is 4.42. The van der Waals surface area contributed by atoms with Crippen LogP contribution in [0, 0.1) is 29.6 Å². The Morgan fingerprint density at radius 3 is 2.55 bits per heavy atom. The molecule has 1 aromatic rings. The largest absolute Gasteiger partial charge is 0.0992 e. The highest BCUT2D eigenvalue weighted by Crippen LogP contribution is 2.50. The van der Waals surface area contributed by atoms with E-state index in [1.54, 1.807) is 33.4 Å². The number of rotatable bonds is 6. The molecule has 0 nitrogen and oxygen atoms in total. The maximum Gasteiger partial charge on any atom is -0.00672 e. The Balaban J connectivity index is 1.09. The smallest absolute Gasteiger partial charge is 0.00672 e. The van der Waals surface area contributed by atoms with Crippen molar-refractivity contribution in [3.05, 3.63) is 70.3 Å². The van der Waals surface area contributed by atoms with E-state index in [4.69, 9.17) is 6.58 Å². The van der Waals surface area contributed by atoms with Gasteiger partial charge in [-0.15, -0.1) is 0 Å². The van der Waals surface area contributed by atoms with Gasteiger partial charge in [-0.05, 0) is 109 Å². The van der Waals surface area contributed by atoms with Crippen molar-refractivity contribution < 1.29 is 0 Å². The van der Waals surface area contributed by atoms with E-state index in [1.807, 2.05) is 0 Å². The topological polar surface area (TPSA) is 0 Å². The SMILES string of the molecule is C=C(CC1=CCC=C1C1Cc2ccc(CC3CCCCC3)cc2C1)C1CCC2CCCCC21. The molecule has 1 aromatic carbocycles. The lowest BCUT2D eigenvalue weighted by molar-refractivity contribution is 0.244. The lowest BCUT2D eigenvalue weighted by Crippen LogP contribution is -2.20. The maximum atomic E-state index is 4.69. The number of fused-ring (bicyclic) bond motifs is 2. The highest BCUT2D eigenvalue weighted by atomic mass is 14.4. The molecule has 3 saturated carbocycles. The van der Waals surface area contributed by atoms with Gasteiger partial charge in [0.15, 0.2) is 0 Å². The Hall–Kier alpha value is -1.56. The molecule has 0 saturated heterocycles. The number of hydrogen-bond acceptors (Lipinski definition) is 0. The zero-order valence-electron chi connectivity index (χ0n) is 20.8. The van der Waals surface area contributed by atoms with Gasteiger partial charge in [0.1, 0.15) is 0 Å². The Bertz CT molecular complexity index is 937. The molecular formula is C33H44. The van der Waals surface area contributed by atoms with E-state index in [1.165, 1.54) is 89.9 Å². The van der Waals surface area contributed by atoms with Crippen LogP contribution in [0.2, 0.25) is 0 Å². The molecule has 0 heterocycles. The number of hydrogen-bond donors (Lipinski definition) is 0. The second-order valence-corrected chi connectivity index (χ2v) is 12.3. The Kier molecular flexibility index (Phi) is 6.38. The highest BCUT2D eigenvalue weighted by Gasteiger charge is 2.39. The normalized spacial score (nSPS) is 31.8. The maximum absolute atomic E-state index is 4.69. The molecule has 5 aliphatic rings. The van der Waals surface area contributed by atoms with E-state index in [2.05, 4.69) is 30.4 Å². The highest BCUT2D eigenvalue weighted by molar-refractivity contribution is 5.47. The van der Waals surface area contributed by atoms with Crippen LogP contribution in [0.4, 0.5) is 0 Å². The number of benzene rings is 1. The summed E-state index contributed by atoms with van der Waals surface area (Å²) in [7, 11) is 0. The number of allylic oxidation sites excluding steroid dienone is 5. The van der Waals surface area contributed by atoms with Gasteiger partial charge in [0.2, 0.25) is 0 Å². The Morgan fingerprint density at radius 2 is 1.64 bits per heavy atom. The molecule has 0 N–H and O–H groups in total. The first-order valence-electron chi connectivity index (χ1n) is 14.4. The molecule has 4 atom stereocenters. The van der Waals surface area contributed by atoms with Crippen LogP contribution in [-0.2, 0) is 19.3 Å². The minimum atomic E-state index is 0.706. The molecule has 4 unspecified atom stereocenters. The van der Waals surface area contributed by atoms with Gasteiger partial charge in [-0.25, -0.2) is 0 Å². The molecule has 0 spiro atoms. The first-order valence-corrected chi connectivity index (χ1v) is 14.4. The molecular weight excluding hydrogens is 396 g/mol. The lowest BCUT2D eigenvalue weighted by Gasteiger charge is -2.31. The van der Waals surface area contributed by atoms with Gasteiger partial charge < -0.3 is 0 Å². The summed E-state index contributed by atoms with van der Waals surface area (Å²) in [5, 5.41) is 0. The molecule has 6 rings (SSSR count). The second-order valence-electron chi connectivity index (χ2n) is 12.3. The molecule has 0 aromatic heterocycles. The first kappa shape index (κ1) is 21.9. The van der Waals surface area contributed by atoms with Crippen LogP contribution in [0.15, 0.2) is 53.6 Å². The average Bonchev–Trinajstić information content (AvgIpc) is 3.57. The minimum Gasteiger partial charge on any atom is -0.0992 e. The van der Waals surface area contributed by atoms with Crippen molar-refractivity contribution in [2.75, 3.05) is 0 Å². The van der Waals surface area contributed by atoms with Crippen LogP contribution in [0.1, 0.15) is 100 Å². The third kappa shape index (κ3) is 4.56. The summed E-state index contributed by atoms with van der Waals surface area (Å²) in [6, 6.07) is 7.52. The van der Waals surface area contributed by atoms with E-state index in [0.717, 1.165) is 36.5 Å². The van der Waals surface area contributed by atoms with Crippen LogP contribution in [0.25, 0.3) is 0 Å². The van der Waals surface area contributed by atoms with Gasteiger partial charge in [0.05, 0.1) is 0 Å². The van der Waals surface area contributed by atoms with Crippen molar-refractivity contribution in [1.29, 1.82) is 0 Å². The van der Waals surface area contributed by atoms with E-state index >= 15 is 0 Å². The summed E-state index contributed by atoms with van der Waals surface area (Å²) >= 11 is 0. The molecule has 33 heavy (non-hydrogen) atoms. The van der Waals surface area contributed by atoms with Gasteiger partial charge in [-0.3, -0.25) is 0 Å². The molecule has 0 bridgehead atoms. The van der Waals surface area contributed by atoms with Gasteiger partial charge in [0.25, 0.3) is 0 Å². The third-order valence-electron chi connectivity index (χ3n) is 10.2. The predicted octanol–water partition coefficient (Wildman–Crippen LogP) is 8.94. The second kappa shape index (κ2) is 9.59. The van der Waals surface area contributed by atoms with E-state index in [-0.39, 0.29) is 0 Å². The quantitative estimate of drug-likeness (QED) is 0.387. The summed E-state index contributed by atoms with van der Waals surface area (Å²) in [6.45, 7) is 4.69. The summed E-state index contributed by atoms with van der Waals surface area (Å²) in [5.41, 5.74) is 9.76. The fraction of sp³-hybridized carbons (Fsp3) is 0.636. The predicted molar refractivity (Wildman–Crippen MR) is 140 cm³/mol. The standard InChI is InChI=1S/C33H44/c1-23(31-17-16-26-10-5-6-12-33(26)31)18-28-11-7-13-32(28)30-21-27-15-14-25(20-29(27)22-30)19-24-8-3-2-4-9-24/h11,13-15,20,24,26,30-31,33H,1-10,12,16-19,21-22H2. The van der Waals surface area contributed by atoms with Crippen LogP contribution in [-0.4, -0.2) is 0 Å². The fourth-order valence-electron chi connectivity index (χ4n) is 8.54.